The van der Waals surface area contributed by atoms with Crippen LogP contribution in [-0.4, -0.2) is 33.9 Å². The summed E-state index contributed by atoms with van der Waals surface area (Å²) in [6.45, 7) is 3.19. The number of nitrogens with zero attached hydrogens (tertiary/aromatic N) is 3. The van der Waals surface area contributed by atoms with Crippen molar-refractivity contribution in [2.45, 2.75) is 13.5 Å². The fourth-order valence-electron chi connectivity index (χ4n) is 2.64. The van der Waals surface area contributed by atoms with E-state index >= 15 is 0 Å². The summed E-state index contributed by atoms with van der Waals surface area (Å²) in [6.07, 6.45) is 1.29. The Labute approximate surface area is 145 Å². The summed E-state index contributed by atoms with van der Waals surface area (Å²) < 4.78 is 13.8. The number of halogens is 1. The summed E-state index contributed by atoms with van der Waals surface area (Å²) in [6, 6.07) is 14.5. The maximum absolute atomic E-state index is 13.8. The first kappa shape index (κ1) is 16.8. The van der Waals surface area contributed by atoms with E-state index in [1.54, 1.807) is 17.0 Å². The number of anilines is 1. The van der Waals surface area contributed by atoms with Gasteiger partial charge >= 0.3 is 0 Å². The van der Waals surface area contributed by atoms with E-state index in [0.29, 0.717) is 24.3 Å². The van der Waals surface area contributed by atoms with Gasteiger partial charge in [-0.15, -0.1) is 0 Å². The summed E-state index contributed by atoms with van der Waals surface area (Å²) in [7, 11) is 0. The normalized spacial score (nSPS) is 10.6. The second kappa shape index (κ2) is 7.70. The lowest BCUT2D eigenvalue weighted by molar-refractivity contribution is -0.129. The SMILES string of the molecule is CCN(Cc1ccccc1)C(=O)CNc1ncnc2c(F)cccc12. The number of rotatable bonds is 6. The van der Waals surface area contributed by atoms with Gasteiger partial charge in [0.25, 0.3) is 0 Å². The number of fused-ring (bicyclic) bond motifs is 1. The highest BCUT2D eigenvalue weighted by atomic mass is 19.1. The molecule has 3 aromatic rings. The lowest BCUT2D eigenvalue weighted by Gasteiger charge is -2.21. The van der Waals surface area contributed by atoms with E-state index in [2.05, 4.69) is 15.3 Å². The van der Waals surface area contributed by atoms with Crippen LogP contribution in [0.25, 0.3) is 10.9 Å². The van der Waals surface area contributed by atoms with Crippen LogP contribution in [0.5, 0.6) is 0 Å². The van der Waals surface area contributed by atoms with Crippen molar-refractivity contribution in [2.24, 2.45) is 0 Å². The van der Waals surface area contributed by atoms with E-state index in [1.807, 2.05) is 37.3 Å². The van der Waals surface area contributed by atoms with Gasteiger partial charge in [-0.1, -0.05) is 36.4 Å². The number of hydrogen-bond acceptors (Lipinski definition) is 4. The number of carbonyl (C=O) groups excluding carboxylic acids is 1. The number of amides is 1. The Morgan fingerprint density at radius 3 is 2.68 bits per heavy atom. The van der Waals surface area contributed by atoms with Crippen molar-refractivity contribution in [3.63, 3.8) is 0 Å². The van der Waals surface area contributed by atoms with Crippen LogP contribution in [-0.2, 0) is 11.3 Å². The first-order valence-electron chi connectivity index (χ1n) is 8.14. The summed E-state index contributed by atoms with van der Waals surface area (Å²) in [5.41, 5.74) is 1.32. The molecule has 1 N–H and O–H groups in total. The summed E-state index contributed by atoms with van der Waals surface area (Å²) in [5, 5.41) is 3.56. The van der Waals surface area contributed by atoms with E-state index < -0.39 is 5.82 Å². The molecule has 1 amide bonds. The second-order valence-electron chi connectivity index (χ2n) is 5.61. The summed E-state index contributed by atoms with van der Waals surface area (Å²) >= 11 is 0. The molecule has 6 heteroatoms. The maximum Gasteiger partial charge on any atom is 0.242 e. The zero-order valence-electron chi connectivity index (χ0n) is 13.9. The standard InChI is InChI=1S/C19H19FN4O/c1-2-24(12-14-7-4-3-5-8-14)17(25)11-21-19-15-9-6-10-16(20)18(15)22-13-23-19/h3-10,13H,2,11-12H2,1H3,(H,21,22,23). The van der Waals surface area contributed by atoms with Crippen LogP contribution in [0.15, 0.2) is 54.9 Å². The number of likely N-dealkylation sites (N-methyl/N-ethyl adjacent to an activating group) is 1. The first-order chi connectivity index (χ1) is 12.2. The minimum atomic E-state index is -0.409. The topological polar surface area (TPSA) is 58.1 Å². The van der Waals surface area contributed by atoms with Crippen LogP contribution in [0.4, 0.5) is 10.2 Å². The average molecular weight is 338 g/mol. The molecule has 0 atom stereocenters. The van der Waals surface area contributed by atoms with Gasteiger partial charge in [-0.05, 0) is 24.6 Å². The molecule has 25 heavy (non-hydrogen) atoms. The van der Waals surface area contributed by atoms with E-state index in [1.165, 1.54) is 12.4 Å². The molecule has 0 saturated carbocycles. The molecular weight excluding hydrogens is 319 g/mol. The first-order valence-corrected chi connectivity index (χ1v) is 8.14. The molecule has 3 rings (SSSR count). The van der Waals surface area contributed by atoms with E-state index in [-0.39, 0.29) is 18.0 Å². The van der Waals surface area contributed by atoms with E-state index in [0.717, 1.165) is 5.56 Å². The Kier molecular flexibility index (Phi) is 5.18. The Hall–Kier alpha value is -3.02. The number of hydrogen-bond donors (Lipinski definition) is 1. The molecule has 0 unspecified atom stereocenters. The number of nitrogens with one attached hydrogen (secondary N) is 1. The van der Waals surface area contributed by atoms with Gasteiger partial charge < -0.3 is 10.2 Å². The molecule has 5 nitrogen and oxygen atoms in total. The zero-order valence-corrected chi connectivity index (χ0v) is 13.9. The number of para-hydroxylation sites is 1. The fraction of sp³-hybridized carbons (Fsp3) is 0.211. The van der Waals surface area contributed by atoms with Gasteiger partial charge in [-0.3, -0.25) is 4.79 Å². The zero-order chi connectivity index (χ0) is 17.6. The van der Waals surface area contributed by atoms with Crippen molar-refractivity contribution < 1.29 is 9.18 Å². The number of benzene rings is 2. The van der Waals surface area contributed by atoms with E-state index in [4.69, 9.17) is 0 Å². The molecule has 0 radical (unpaired) electrons. The molecule has 0 aliphatic carbocycles. The summed E-state index contributed by atoms with van der Waals surface area (Å²) in [4.78, 5) is 22.3. The molecule has 1 aromatic heterocycles. The lowest BCUT2D eigenvalue weighted by Crippen LogP contribution is -2.35. The van der Waals surface area contributed by atoms with Crippen LogP contribution in [0, 0.1) is 5.82 Å². The minimum Gasteiger partial charge on any atom is -0.360 e. The molecule has 0 fully saturated rings. The third kappa shape index (κ3) is 3.91. The Balaban J connectivity index is 1.70. The third-order valence-corrected chi connectivity index (χ3v) is 3.97. The van der Waals surface area contributed by atoms with Gasteiger partial charge in [-0.2, -0.15) is 0 Å². The Morgan fingerprint density at radius 2 is 1.92 bits per heavy atom. The quantitative estimate of drug-likeness (QED) is 0.750. The molecule has 2 aromatic carbocycles. The van der Waals surface area contributed by atoms with Crippen LogP contribution in [0.3, 0.4) is 0 Å². The predicted octanol–water partition coefficient (Wildman–Crippen LogP) is 3.23. The minimum absolute atomic E-state index is 0.0467. The smallest absolute Gasteiger partial charge is 0.242 e. The molecule has 0 aliphatic rings. The largest absolute Gasteiger partial charge is 0.360 e. The maximum atomic E-state index is 13.8. The average Bonchev–Trinajstić information content (AvgIpc) is 2.65. The monoisotopic (exact) mass is 338 g/mol. The second-order valence-corrected chi connectivity index (χ2v) is 5.61. The van der Waals surface area contributed by atoms with Crippen molar-refractivity contribution in [3.8, 4) is 0 Å². The molecular formula is C19H19FN4O. The summed E-state index contributed by atoms with van der Waals surface area (Å²) in [5.74, 6) is -0.00308. The number of aromatic nitrogens is 2. The molecule has 0 spiro atoms. The van der Waals surface area contributed by atoms with Crippen LogP contribution >= 0.6 is 0 Å². The van der Waals surface area contributed by atoms with Crippen molar-refractivity contribution in [3.05, 3.63) is 66.2 Å². The van der Waals surface area contributed by atoms with Gasteiger partial charge in [0.15, 0.2) is 0 Å². The highest BCUT2D eigenvalue weighted by Crippen LogP contribution is 2.21. The molecule has 0 bridgehead atoms. The van der Waals surface area contributed by atoms with Gasteiger partial charge in [-0.25, -0.2) is 14.4 Å². The van der Waals surface area contributed by atoms with Gasteiger partial charge in [0.1, 0.15) is 23.5 Å². The molecule has 1 heterocycles. The third-order valence-electron chi connectivity index (χ3n) is 3.97. The molecule has 0 saturated heterocycles. The molecule has 128 valence electrons. The van der Waals surface area contributed by atoms with E-state index in [9.17, 15) is 9.18 Å². The van der Waals surface area contributed by atoms with Crippen molar-refractivity contribution in [1.29, 1.82) is 0 Å². The lowest BCUT2D eigenvalue weighted by atomic mass is 10.2. The highest BCUT2D eigenvalue weighted by molar-refractivity contribution is 5.91. The van der Waals surface area contributed by atoms with Crippen molar-refractivity contribution >= 4 is 22.6 Å². The highest BCUT2D eigenvalue weighted by Gasteiger charge is 2.13. The van der Waals surface area contributed by atoms with Gasteiger partial charge in [0, 0.05) is 18.5 Å². The van der Waals surface area contributed by atoms with Crippen LogP contribution < -0.4 is 5.32 Å². The fourth-order valence-corrected chi connectivity index (χ4v) is 2.64. The number of carbonyl (C=O) groups is 1. The van der Waals surface area contributed by atoms with Gasteiger partial charge in [0.2, 0.25) is 5.91 Å². The van der Waals surface area contributed by atoms with Crippen molar-refractivity contribution in [1.82, 2.24) is 14.9 Å². The van der Waals surface area contributed by atoms with Gasteiger partial charge in [0.05, 0.1) is 6.54 Å². The predicted molar refractivity (Wildman–Crippen MR) is 95.5 cm³/mol. The Morgan fingerprint density at radius 1 is 1.12 bits per heavy atom. The molecule has 0 aliphatic heterocycles. The Bertz CT molecular complexity index is 870. The van der Waals surface area contributed by atoms with Crippen molar-refractivity contribution in [2.75, 3.05) is 18.4 Å². The van der Waals surface area contributed by atoms with Crippen LogP contribution in [0.1, 0.15) is 12.5 Å². The van der Waals surface area contributed by atoms with Crippen LogP contribution in [0.2, 0.25) is 0 Å².